The van der Waals surface area contributed by atoms with Gasteiger partial charge in [0.25, 0.3) is 5.69 Å². The molecule has 2 rings (SSSR count). The second-order valence-electron chi connectivity index (χ2n) is 5.38. The van der Waals surface area contributed by atoms with Crippen molar-refractivity contribution in [2.75, 3.05) is 7.05 Å². The van der Waals surface area contributed by atoms with Crippen LogP contribution in [-0.4, -0.2) is 17.9 Å². The van der Waals surface area contributed by atoms with Gasteiger partial charge in [0.2, 0.25) is 0 Å². The Morgan fingerprint density at radius 2 is 1.88 bits per heavy atom. The molecule has 0 aliphatic carbocycles. The highest BCUT2D eigenvalue weighted by Crippen LogP contribution is 2.17. The van der Waals surface area contributed by atoms with Gasteiger partial charge in [0.05, 0.1) is 11.0 Å². The van der Waals surface area contributed by atoms with Crippen LogP contribution in [0.3, 0.4) is 0 Å². The summed E-state index contributed by atoms with van der Waals surface area (Å²) in [4.78, 5) is 14.2. The summed E-state index contributed by atoms with van der Waals surface area (Å²) in [5, 5.41) is 16.7. The fraction of sp³-hybridized carbons (Fsp3) is 0.235. The van der Waals surface area contributed by atoms with Crippen molar-refractivity contribution < 1.29 is 13.7 Å². The van der Waals surface area contributed by atoms with Crippen LogP contribution in [-0.2, 0) is 6.54 Å². The number of halogens is 3. The van der Waals surface area contributed by atoms with E-state index >= 15 is 0 Å². The molecular weight excluding hydrogens is 457 g/mol. The van der Waals surface area contributed by atoms with E-state index in [1.807, 2.05) is 0 Å². The van der Waals surface area contributed by atoms with E-state index in [4.69, 9.17) is 0 Å². The molecule has 0 amide bonds. The smallest absolute Gasteiger partial charge is 0.269 e. The molecule has 1 unspecified atom stereocenters. The Morgan fingerprint density at radius 3 is 2.42 bits per heavy atom. The molecule has 0 radical (unpaired) electrons. The normalized spacial score (nSPS) is 12.1. The van der Waals surface area contributed by atoms with Crippen molar-refractivity contribution in [3.63, 3.8) is 0 Å². The van der Waals surface area contributed by atoms with Crippen LogP contribution in [0.4, 0.5) is 14.5 Å². The summed E-state index contributed by atoms with van der Waals surface area (Å²) in [6.45, 7) is 2.12. The zero-order valence-electron chi connectivity index (χ0n) is 14.2. The molecule has 0 aromatic heterocycles. The van der Waals surface area contributed by atoms with Gasteiger partial charge in [-0.3, -0.25) is 15.1 Å². The predicted molar refractivity (Wildman–Crippen MR) is 107 cm³/mol. The van der Waals surface area contributed by atoms with Crippen LogP contribution in [0.2, 0.25) is 0 Å². The second kappa shape index (κ2) is 10.00. The lowest BCUT2D eigenvalue weighted by molar-refractivity contribution is -0.384. The average Bonchev–Trinajstić information content (AvgIpc) is 2.58. The fourth-order valence-electron chi connectivity index (χ4n) is 2.25. The summed E-state index contributed by atoms with van der Waals surface area (Å²) < 4.78 is 26.8. The van der Waals surface area contributed by atoms with E-state index in [1.54, 1.807) is 26.1 Å². The van der Waals surface area contributed by atoms with E-state index in [0.29, 0.717) is 18.1 Å². The Hall–Kier alpha value is -2.30. The van der Waals surface area contributed by atoms with Gasteiger partial charge in [0.1, 0.15) is 11.6 Å². The second-order valence-corrected chi connectivity index (χ2v) is 5.38. The summed E-state index contributed by atoms with van der Waals surface area (Å²) in [6.07, 6.45) is 0. The number of nitrogens with one attached hydrogen (secondary N) is 2. The molecule has 0 aliphatic heterocycles. The molecule has 2 aromatic carbocycles. The van der Waals surface area contributed by atoms with Gasteiger partial charge in [-0.2, -0.15) is 0 Å². The number of guanidine groups is 1. The highest BCUT2D eigenvalue weighted by Gasteiger charge is 2.13. The molecule has 6 nitrogen and oxygen atoms in total. The zero-order chi connectivity index (χ0) is 18.4. The Kier molecular flexibility index (Phi) is 8.36. The number of nitrogens with zero attached hydrogens (tertiary/aromatic N) is 2. The van der Waals surface area contributed by atoms with Crippen molar-refractivity contribution in [1.29, 1.82) is 0 Å². The van der Waals surface area contributed by atoms with Gasteiger partial charge in [0.15, 0.2) is 5.96 Å². The van der Waals surface area contributed by atoms with Crippen LogP contribution >= 0.6 is 24.0 Å². The quantitative estimate of drug-likeness (QED) is 0.226. The number of non-ortho nitro benzene ring substituents is 1. The number of nitro benzene ring substituents is 1. The Balaban J connectivity index is 0.00000338. The molecule has 140 valence electrons. The lowest BCUT2D eigenvalue weighted by atomic mass is 10.1. The van der Waals surface area contributed by atoms with Gasteiger partial charge >= 0.3 is 0 Å². The number of benzene rings is 2. The third kappa shape index (κ3) is 5.90. The van der Waals surface area contributed by atoms with Gasteiger partial charge in [-0.05, 0) is 18.6 Å². The first-order valence-corrected chi connectivity index (χ1v) is 7.56. The van der Waals surface area contributed by atoms with Gasteiger partial charge in [-0.25, -0.2) is 8.78 Å². The van der Waals surface area contributed by atoms with Crippen LogP contribution in [0.5, 0.6) is 0 Å². The molecule has 1 atom stereocenters. The maximum absolute atomic E-state index is 13.8. The molecule has 2 N–H and O–H groups in total. The molecule has 0 spiro atoms. The van der Waals surface area contributed by atoms with Crippen molar-refractivity contribution in [2.45, 2.75) is 19.5 Å². The number of nitro groups is 1. The van der Waals surface area contributed by atoms with Crippen LogP contribution in [0.25, 0.3) is 0 Å². The van der Waals surface area contributed by atoms with Gasteiger partial charge in [-0.15, -0.1) is 24.0 Å². The van der Waals surface area contributed by atoms with Gasteiger partial charge in [-0.1, -0.05) is 18.2 Å². The molecule has 0 saturated carbocycles. The minimum atomic E-state index is -0.633. The highest BCUT2D eigenvalue weighted by atomic mass is 127. The Labute approximate surface area is 166 Å². The maximum atomic E-state index is 13.8. The first kappa shape index (κ1) is 21.7. The van der Waals surface area contributed by atoms with Gasteiger partial charge in [0, 0.05) is 37.4 Å². The molecule has 0 heterocycles. The lowest BCUT2D eigenvalue weighted by Crippen LogP contribution is -2.38. The number of hydrogen-bond donors (Lipinski definition) is 2. The largest absolute Gasteiger partial charge is 0.352 e. The monoisotopic (exact) mass is 476 g/mol. The fourth-order valence-corrected chi connectivity index (χ4v) is 2.25. The first-order valence-electron chi connectivity index (χ1n) is 7.56. The molecule has 0 saturated heterocycles. The number of rotatable bonds is 5. The summed E-state index contributed by atoms with van der Waals surface area (Å²) in [7, 11) is 1.57. The van der Waals surface area contributed by atoms with Crippen molar-refractivity contribution in [2.24, 2.45) is 4.99 Å². The molecule has 0 bridgehead atoms. The summed E-state index contributed by atoms with van der Waals surface area (Å²) in [5.74, 6) is -0.838. The molecule has 0 aliphatic rings. The van der Waals surface area contributed by atoms with E-state index < -0.39 is 22.6 Å². The average molecular weight is 476 g/mol. The van der Waals surface area contributed by atoms with Crippen molar-refractivity contribution in [3.05, 3.63) is 75.3 Å². The number of aliphatic imine (C=N–C) groups is 1. The van der Waals surface area contributed by atoms with Crippen molar-refractivity contribution in [1.82, 2.24) is 10.6 Å². The topological polar surface area (TPSA) is 79.6 Å². The van der Waals surface area contributed by atoms with E-state index in [2.05, 4.69) is 15.6 Å². The SMILES string of the molecule is CN=C(NCc1ccc([N+](=O)[O-])cc1)NC(C)c1ccc(F)cc1F.I. The molecule has 2 aromatic rings. The highest BCUT2D eigenvalue weighted by molar-refractivity contribution is 14.0. The maximum Gasteiger partial charge on any atom is 0.269 e. The molecule has 9 heteroatoms. The Morgan fingerprint density at radius 1 is 1.23 bits per heavy atom. The summed E-state index contributed by atoms with van der Waals surface area (Å²) in [6, 6.07) is 9.11. The standard InChI is InChI=1S/C17H18F2N4O2.HI/c1-11(15-8-5-13(18)9-16(15)19)22-17(20-2)21-10-12-3-6-14(7-4-12)23(24)25;/h3-9,11H,10H2,1-2H3,(H2,20,21,22);1H. The third-order valence-corrected chi connectivity index (χ3v) is 3.61. The minimum Gasteiger partial charge on any atom is -0.352 e. The first-order chi connectivity index (χ1) is 11.9. The minimum absolute atomic E-state index is 0. The Bertz CT molecular complexity index is 785. The lowest BCUT2D eigenvalue weighted by Gasteiger charge is -2.19. The van der Waals surface area contributed by atoms with Crippen LogP contribution in [0, 0.1) is 21.7 Å². The van der Waals surface area contributed by atoms with Gasteiger partial charge < -0.3 is 10.6 Å². The van der Waals surface area contributed by atoms with E-state index in [-0.39, 0.29) is 29.7 Å². The zero-order valence-corrected chi connectivity index (χ0v) is 16.5. The molecular formula is C17H19F2IN4O2. The van der Waals surface area contributed by atoms with E-state index in [0.717, 1.165) is 11.6 Å². The third-order valence-electron chi connectivity index (χ3n) is 3.61. The van der Waals surface area contributed by atoms with Crippen LogP contribution in [0.1, 0.15) is 24.1 Å². The van der Waals surface area contributed by atoms with Crippen LogP contribution < -0.4 is 10.6 Å². The van der Waals surface area contributed by atoms with Crippen molar-refractivity contribution >= 4 is 35.6 Å². The van der Waals surface area contributed by atoms with E-state index in [9.17, 15) is 18.9 Å². The number of hydrogen-bond acceptors (Lipinski definition) is 3. The molecule has 0 fully saturated rings. The summed E-state index contributed by atoms with van der Waals surface area (Å²) >= 11 is 0. The predicted octanol–water partition coefficient (Wildman–Crippen LogP) is 3.92. The summed E-state index contributed by atoms with van der Waals surface area (Å²) in [5.41, 5.74) is 1.17. The van der Waals surface area contributed by atoms with E-state index in [1.165, 1.54) is 24.3 Å². The van der Waals surface area contributed by atoms with Crippen LogP contribution in [0.15, 0.2) is 47.5 Å². The molecule has 26 heavy (non-hydrogen) atoms. The van der Waals surface area contributed by atoms with Crippen molar-refractivity contribution in [3.8, 4) is 0 Å².